The van der Waals surface area contributed by atoms with Crippen LogP contribution in [0.2, 0.25) is 0 Å². The molecule has 0 atom stereocenters. The summed E-state index contributed by atoms with van der Waals surface area (Å²) in [6.07, 6.45) is 0. The second-order valence-electron chi connectivity index (χ2n) is 10.0. The predicted octanol–water partition coefficient (Wildman–Crippen LogP) is 10.5. The van der Waals surface area contributed by atoms with Gasteiger partial charge in [0.2, 0.25) is 0 Å². The molecule has 38 heavy (non-hydrogen) atoms. The second kappa shape index (κ2) is 7.24. The van der Waals surface area contributed by atoms with Crippen molar-refractivity contribution in [2.75, 3.05) is 0 Å². The predicted molar refractivity (Wildman–Crippen MR) is 156 cm³/mol. The lowest BCUT2D eigenvalue weighted by Gasteiger charge is -2.23. The van der Waals surface area contributed by atoms with E-state index in [9.17, 15) is 0 Å². The Balaban J connectivity index is 1.58. The Morgan fingerprint density at radius 1 is 0.289 bits per heavy atom. The van der Waals surface area contributed by atoms with Gasteiger partial charge in [-0.15, -0.1) is 0 Å². The van der Waals surface area contributed by atoms with E-state index in [1.165, 1.54) is 22.3 Å². The zero-order valence-electron chi connectivity index (χ0n) is 20.4. The van der Waals surface area contributed by atoms with Crippen molar-refractivity contribution in [1.29, 1.82) is 0 Å². The molecule has 0 bridgehead atoms. The third-order valence-corrected chi connectivity index (χ3v) is 8.07. The van der Waals surface area contributed by atoms with Gasteiger partial charge in [-0.3, -0.25) is 0 Å². The first kappa shape index (κ1) is 20.0. The number of para-hydroxylation sites is 2. The van der Waals surface area contributed by atoms with Crippen molar-refractivity contribution < 1.29 is 8.83 Å². The van der Waals surface area contributed by atoms with Gasteiger partial charge in [-0.25, -0.2) is 0 Å². The molecule has 2 heterocycles. The molecule has 0 saturated carbocycles. The van der Waals surface area contributed by atoms with Crippen molar-refractivity contribution in [3.8, 4) is 44.5 Å². The number of hydrogen-bond acceptors (Lipinski definition) is 2. The van der Waals surface area contributed by atoms with Crippen molar-refractivity contribution in [2.45, 2.75) is 0 Å². The maximum atomic E-state index is 6.69. The summed E-state index contributed by atoms with van der Waals surface area (Å²) < 4.78 is 13.4. The van der Waals surface area contributed by atoms with Gasteiger partial charge in [0, 0.05) is 32.7 Å². The average Bonchev–Trinajstić information content (AvgIpc) is 3.54. The smallest absolute Gasteiger partial charge is 0.144 e. The summed E-state index contributed by atoms with van der Waals surface area (Å²) in [6.45, 7) is 0. The van der Waals surface area contributed by atoms with Crippen molar-refractivity contribution in [3.05, 3.63) is 121 Å². The van der Waals surface area contributed by atoms with Gasteiger partial charge < -0.3 is 8.83 Å². The lowest BCUT2D eigenvalue weighted by molar-refractivity contribution is 0.665. The highest BCUT2D eigenvalue weighted by molar-refractivity contribution is 6.21. The first-order valence-corrected chi connectivity index (χ1v) is 12.9. The summed E-state index contributed by atoms with van der Waals surface area (Å²) >= 11 is 0. The summed E-state index contributed by atoms with van der Waals surface area (Å²) in [5, 5.41) is 4.48. The first-order chi connectivity index (χ1) is 18.9. The van der Waals surface area contributed by atoms with Gasteiger partial charge in [-0.1, -0.05) is 97.1 Å². The maximum Gasteiger partial charge on any atom is 0.144 e. The Morgan fingerprint density at radius 3 is 1.11 bits per heavy atom. The van der Waals surface area contributed by atoms with Gasteiger partial charge in [-0.2, -0.15) is 0 Å². The molecule has 1 aliphatic carbocycles. The van der Waals surface area contributed by atoms with Gasteiger partial charge in [0.05, 0.1) is 0 Å². The van der Waals surface area contributed by atoms with E-state index in [-0.39, 0.29) is 0 Å². The van der Waals surface area contributed by atoms with Crippen LogP contribution in [0, 0.1) is 0 Å². The highest BCUT2D eigenvalue weighted by Crippen LogP contribution is 2.53. The van der Waals surface area contributed by atoms with Gasteiger partial charge in [-0.05, 0) is 57.6 Å². The van der Waals surface area contributed by atoms with Crippen LogP contribution in [0.1, 0.15) is 0 Å². The minimum absolute atomic E-state index is 0.893. The molecule has 176 valence electrons. The van der Waals surface area contributed by atoms with E-state index in [1.807, 2.05) is 12.1 Å². The summed E-state index contributed by atoms with van der Waals surface area (Å²) in [5.41, 5.74) is 12.9. The largest absolute Gasteiger partial charge is 0.455 e. The molecule has 0 spiro atoms. The minimum Gasteiger partial charge on any atom is -0.455 e. The number of rotatable bonds is 0. The highest BCUT2D eigenvalue weighted by atomic mass is 16.3. The topological polar surface area (TPSA) is 26.3 Å². The standard InChI is InChI=1S/C36H20O2/c1-3-11-23-21(9-1)22-10-2-4-12-24(22)28-18-20-30-26-14-6-8-16-32(26)38-36(30)34(28)33-27(23)17-19-29-25-13-5-7-15-31(25)37-35(29)33/h1-20H. The summed E-state index contributed by atoms with van der Waals surface area (Å²) in [6, 6.07) is 42.9. The van der Waals surface area contributed by atoms with E-state index < -0.39 is 0 Å². The Labute approximate surface area is 218 Å². The molecule has 2 heteroatoms. The number of benzene rings is 6. The number of fused-ring (bicyclic) bond motifs is 16. The number of hydrogen-bond donors (Lipinski definition) is 0. The molecule has 0 radical (unpaired) electrons. The Morgan fingerprint density at radius 2 is 0.658 bits per heavy atom. The van der Waals surface area contributed by atoms with Crippen LogP contribution < -0.4 is 0 Å². The van der Waals surface area contributed by atoms with Crippen LogP contribution in [-0.4, -0.2) is 0 Å². The zero-order chi connectivity index (χ0) is 24.8. The van der Waals surface area contributed by atoms with E-state index in [1.54, 1.807) is 0 Å². The van der Waals surface area contributed by atoms with E-state index >= 15 is 0 Å². The zero-order valence-corrected chi connectivity index (χ0v) is 20.4. The van der Waals surface area contributed by atoms with Gasteiger partial charge >= 0.3 is 0 Å². The summed E-state index contributed by atoms with van der Waals surface area (Å²) in [5.74, 6) is 0. The van der Waals surface area contributed by atoms with Crippen molar-refractivity contribution in [3.63, 3.8) is 0 Å². The monoisotopic (exact) mass is 484 g/mol. The Hall–Kier alpha value is -5.08. The fraction of sp³-hybridized carbons (Fsp3) is 0. The van der Waals surface area contributed by atoms with Gasteiger partial charge in [0.25, 0.3) is 0 Å². The molecular weight excluding hydrogens is 464 g/mol. The molecule has 8 aromatic rings. The maximum absolute atomic E-state index is 6.69. The molecule has 0 N–H and O–H groups in total. The lowest BCUT2D eigenvalue weighted by atomic mass is 9.80. The van der Waals surface area contributed by atoms with Crippen LogP contribution in [-0.2, 0) is 0 Å². The second-order valence-corrected chi connectivity index (χ2v) is 10.0. The first-order valence-electron chi connectivity index (χ1n) is 12.9. The normalized spacial score (nSPS) is 12.2. The van der Waals surface area contributed by atoms with E-state index in [4.69, 9.17) is 8.83 Å². The molecule has 0 amide bonds. The van der Waals surface area contributed by atoms with Crippen LogP contribution in [0.25, 0.3) is 88.4 Å². The van der Waals surface area contributed by atoms with Gasteiger partial charge in [0.1, 0.15) is 22.3 Å². The van der Waals surface area contributed by atoms with Gasteiger partial charge in [0.15, 0.2) is 0 Å². The fourth-order valence-electron chi connectivity index (χ4n) is 6.43. The van der Waals surface area contributed by atoms with Crippen LogP contribution >= 0.6 is 0 Å². The third kappa shape index (κ3) is 2.51. The van der Waals surface area contributed by atoms with Crippen LogP contribution in [0.3, 0.4) is 0 Å². The van der Waals surface area contributed by atoms with Crippen LogP contribution in [0.4, 0.5) is 0 Å². The molecule has 6 aromatic carbocycles. The van der Waals surface area contributed by atoms with Crippen LogP contribution in [0.5, 0.6) is 0 Å². The highest BCUT2D eigenvalue weighted by Gasteiger charge is 2.28. The number of furan rings is 2. The molecule has 2 aromatic heterocycles. The van der Waals surface area contributed by atoms with Crippen molar-refractivity contribution >= 4 is 43.9 Å². The molecular formula is C36H20O2. The molecule has 1 aliphatic rings. The molecule has 0 fully saturated rings. The quantitative estimate of drug-likeness (QED) is 0.214. The molecule has 2 nitrogen and oxygen atoms in total. The SMILES string of the molecule is c1ccc2c(c1)-c1ccccc1-c1ccc3c(oc4ccccc43)c1-c1c-2ccc2c1oc1ccccc12. The van der Waals surface area contributed by atoms with E-state index in [0.29, 0.717) is 0 Å². The molecule has 0 saturated heterocycles. The summed E-state index contributed by atoms with van der Waals surface area (Å²) in [4.78, 5) is 0. The Bertz CT molecular complexity index is 2080. The van der Waals surface area contributed by atoms with Crippen molar-refractivity contribution in [2.24, 2.45) is 0 Å². The fourth-order valence-corrected chi connectivity index (χ4v) is 6.43. The Kier molecular flexibility index (Phi) is 3.82. The average molecular weight is 485 g/mol. The van der Waals surface area contributed by atoms with Crippen molar-refractivity contribution in [1.82, 2.24) is 0 Å². The van der Waals surface area contributed by atoms with Crippen LogP contribution in [0.15, 0.2) is 130 Å². The van der Waals surface area contributed by atoms with E-state index in [0.717, 1.165) is 66.1 Å². The molecule has 0 unspecified atom stereocenters. The van der Waals surface area contributed by atoms with E-state index in [2.05, 4.69) is 109 Å². The molecule has 0 aliphatic heterocycles. The molecule has 9 rings (SSSR count). The summed E-state index contributed by atoms with van der Waals surface area (Å²) in [7, 11) is 0. The minimum atomic E-state index is 0.893. The third-order valence-electron chi connectivity index (χ3n) is 8.07. The lowest BCUT2D eigenvalue weighted by Crippen LogP contribution is -1.97.